The number of rotatable bonds is 9. The van der Waals surface area contributed by atoms with Crippen LogP contribution in [0.5, 0.6) is 0 Å². The quantitative estimate of drug-likeness (QED) is 0.271. The molecular formula is C20H41N5O3. The van der Waals surface area contributed by atoms with E-state index in [0.29, 0.717) is 25.6 Å². The van der Waals surface area contributed by atoms with Crippen molar-refractivity contribution in [1.82, 2.24) is 21.3 Å². The molecule has 8 heteroatoms. The maximum absolute atomic E-state index is 11.9. The fourth-order valence-electron chi connectivity index (χ4n) is 2.21. The lowest BCUT2D eigenvalue weighted by Crippen LogP contribution is -2.50. The van der Waals surface area contributed by atoms with E-state index in [1.165, 1.54) is 0 Å². The van der Waals surface area contributed by atoms with Crippen LogP contribution in [0.4, 0.5) is 4.79 Å². The van der Waals surface area contributed by atoms with Crippen molar-refractivity contribution >= 4 is 18.0 Å². The molecule has 0 aliphatic heterocycles. The van der Waals surface area contributed by atoms with Crippen molar-refractivity contribution in [2.45, 2.75) is 79.4 Å². The molecular weight excluding hydrogens is 358 g/mol. The van der Waals surface area contributed by atoms with Crippen LogP contribution in [-0.2, 0) is 9.53 Å². The molecule has 0 aromatic heterocycles. The number of carbonyl (C=O) groups is 2. The molecule has 0 saturated heterocycles. The first-order valence-corrected chi connectivity index (χ1v) is 10.1. The molecule has 1 unspecified atom stereocenters. The van der Waals surface area contributed by atoms with E-state index in [0.717, 1.165) is 19.3 Å². The van der Waals surface area contributed by atoms with Crippen molar-refractivity contribution in [3.8, 4) is 0 Å². The van der Waals surface area contributed by atoms with Gasteiger partial charge in [-0.2, -0.15) is 0 Å². The molecule has 0 aromatic rings. The summed E-state index contributed by atoms with van der Waals surface area (Å²) in [7, 11) is 1.70. The summed E-state index contributed by atoms with van der Waals surface area (Å²) in [4.78, 5) is 28.0. The highest BCUT2D eigenvalue weighted by Crippen LogP contribution is 2.11. The summed E-state index contributed by atoms with van der Waals surface area (Å²) in [5.74, 6) is 0.650. The molecule has 0 saturated carbocycles. The Bertz CT molecular complexity index is 507. The van der Waals surface area contributed by atoms with Crippen LogP contribution < -0.4 is 21.3 Å². The van der Waals surface area contributed by atoms with Gasteiger partial charge in [0.05, 0.1) is 0 Å². The summed E-state index contributed by atoms with van der Waals surface area (Å²) >= 11 is 0. The van der Waals surface area contributed by atoms with E-state index in [1.54, 1.807) is 7.05 Å². The third-order valence-corrected chi connectivity index (χ3v) is 3.75. The third kappa shape index (κ3) is 13.2. The zero-order chi connectivity index (χ0) is 21.8. The highest BCUT2D eigenvalue weighted by molar-refractivity contribution is 5.82. The molecule has 0 aliphatic carbocycles. The number of hydrogen-bond donors (Lipinski definition) is 4. The van der Waals surface area contributed by atoms with E-state index < -0.39 is 17.1 Å². The zero-order valence-electron chi connectivity index (χ0n) is 19.0. The average molecular weight is 400 g/mol. The lowest BCUT2D eigenvalue weighted by Gasteiger charge is -2.24. The molecule has 0 aliphatic rings. The topological polar surface area (TPSA) is 104 Å². The number of unbranched alkanes of at least 4 members (excludes halogenated alkanes) is 1. The zero-order valence-corrected chi connectivity index (χ0v) is 19.0. The molecule has 164 valence electrons. The van der Waals surface area contributed by atoms with Crippen LogP contribution in [-0.4, -0.2) is 56.3 Å². The number of amides is 2. The van der Waals surface area contributed by atoms with Gasteiger partial charge in [0.1, 0.15) is 5.60 Å². The molecule has 8 nitrogen and oxygen atoms in total. The van der Waals surface area contributed by atoms with Gasteiger partial charge >= 0.3 is 6.09 Å². The standard InChI is InChI=1S/C20H41N5O3/c1-9-10-11-15(14-24-18(27)28-20(5,6)7)25-17(21-8)23-13-12-22-16(26)19(2,3)4/h15H,9-14H2,1-8H3,(H,22,26)(H,24,27)(H2,21,23,25). The highest BCUT2D eigenvalue weighted by Gasteiger charge is 2.20. The van der Waals surface area contributed by atoms with Gasteiger partial charge in [0, 0.05) is 38.1 Å². The molecule has 2 amide bonds. The predicted molar refractivity (Wildman–Crippen MR) is 115 cm³/mol. The minimum absolute atomic E-state index is 0.0135. The van der Waals surface area contributed by atoms with Crippen molar-refractivity contribution in [2.75, 3.05) is 26.7 Å². The lowest BCUT2D eigenvalue weighted by atomic mass is 9.96. The Morgan fingerprint density at radius 2 is 1.61 bits per heavy atom. The number of nitrogens with one attached hydrogen (secondary N) is 4. The van der Waals surface area contributed by atoms with Crippen molar-refractivity contribution in [3.63, 3.8) is 0 Å². The Labute approximate surface area is 170 Å². The smallest absolute Gasteiger partial charge is 0.407 e. The maximum atomic E-state index is 11.9. The first-order valence-electron chi connectivity index (χ1n) is 10.1. The monoisotopic (exact) mass is 399 g/mol. The van der Waals surface area contributed by atoms with E-state index in [9.17, 15) is 9.59 Å². The van der Waals surface area contributed by atoms with Gasteiger partial charge in [-0.15, -0.1) is 0 Å². The summed E-state index contributed by atoms with van der Waals surface area (Å²) in [5.41, 5.74) is -0.927. The van der Waals surface area contributed by atoms with Crippen molar-refractivity contribution in [1.29, 1.82) is 0 Å². The lowest BCUT2D eigenvalue weighted by molar-refractivity contribution is -0.128. The number of ether oxygens (including phenoxy) is 1. The van der Waals surface area contributed by atoms with Crippen LogP contribution in [0, 0.1) is 5.41 Å². The van der Waals surface area contributed by atoms with Gasteiger partial charge in [-0.05, 0) is 27.2 Å². The van der Waals surface area contributed by atoms with E-state index in [1.807, 2.05) is 41.5 Å². The Hall–Kier alpha value is -1.99. The van der Waals surface area contributed by atoms with Gasteiger partial charge in [-0.3, -0.25) is 9.79 Å². The van der Waals surface area contributed by atoms with Gasteiger partial charge in [-0.25, -0.2) is 4.79 Å². The van der Waals surface area contributed by atoms with Crippen LogP contribution in [0.2, 0.25) is 0 Å². The van der Waals surface area contributed by atoms with Gasteiger partial charge in [0.2, 0.25) is 5.91 Å². The molecule has 0 rings (SSSR count). The fourth-order valence-corrected chi connectivity index (χ4v) is 2.21. The largest absolute Gasteiger partial charge is 0.444 e. The molecule has 0 fully saturated rings. The molecule has 4 N–H and O–H groups in total. The minimum Gasteiger partial charge on any atom is -0.444 e. The second kappa shape index (κ2) is 12.5. The maximum Gasteiger partial charge on any atom is 0.407 e. The molecule has 0 radical (unpaired) electrons. The van der Waals surface area contributed by atoms with Crippen molar-refractivity contribution in [3.05, 3.63) is 0 Å². The third-order valence-electron chi connectivity index (χ3n) is 3.75. The van der Waals surface area contributed by atoms with E-state index in [4.69, 9.17) is 4.74 Å². The first kappa shape index (κ1) is 26.0. The number of hydrogen-bond acceptors (Lipinski definition) is 4. The number of alkyl carbamates (subject to hydrolysis) is 1. The van der Waals surface area contributed by atoms with Gasteiger partial charge in [0.15, 0.2) is 5.96 Å². The molecule has 0 spiro atoms. The van der Waals surface area contributed by atoms with E-state index in [-0.39, 0.29) is 11.9 Å². The fraction of sp³-hybridized carbons (Fsp3) is 0.850. The normalized spacial score (nSPS) is 13.5. The molecule has 1 atom stereocenters. The number of guanidine groups is 1. The minimum atomic E-state index is -0.522. The van der Waals surface area contributed by atoms with E-state index in [2.05, 4.69) is 33.2 Å². The molecule has 0 bridgehead atoms. The predicted octanol–water partition coefficient (Wildman–Crippen LogP) is 2.40. The molecule has 0 aromatic carbocycles. The summed E-state index contributed by atoms with van der Waals surface area (Å²) in [6, 6.07) is 0.0304. The average Bonchev–Trinajstić information content (AvgIpc) is 2.56. The first-order chi connectivity index (χ1) is 12.9. The van der Waals surface area contributed by atoms with Crippen molar-refractivity contribution in [2.24, 2.45) is 10.4 Å². The highest BCUT2D eigenvalue weighted by atomic mass is 16.6. The Balaban J connectivity index is 4.49. The van der Waals surface area contributed by atoms with Crippen LogP contribution in [0.25, 0.3) is 0 Å². The van der Waals surface area contributed by atoms with Crippen LogP contribution >= 0.6 is 0 Å². The Kier molecular flexibility index (Phi) is 11.6. The Morgan fingerprint density at radius 3 is 2.11 bits per heavy atom. The van der Waals surface area contributed by atoms with Crippen LogP contribution in [0.3, 0.4) is 0 Å². The summed E-state index contributed by atoms with van der Waals surface area (Å²) in [5, 5.41) is 12.2. The summed E-state index contributed by atoms with van der Waals surface area (Å²) < 4.78 is 5.29. The number of nitrogens with zero attached hydrogens (tertiary/aromatic N) is 1. The molecule has 0 heterocycles. The van der Waals surface area contributed by atoms with E-state index >= 15 is 0 Å². The molecule has 28 heavy (non-hydrogen) atoms. The van der Waals surface area contributed by atoms with Crippen LogP contribution in [0.1, 0.15) is 67.7 Å². The van der Waals surface area contributed by atoms with Gasteiger partial charge in [-0.1, -0.05) is 40.5 Å². The number of carbonyl (C=O) groups excluding carboxylic acids is 2. The summed E-state index contributed by atoms with van der Waals surface area (Å²) in [6.07, 6.45) is 2.57. The summed E-state index contributed by atoms with van der Waals surface area (Å²) in [6.45, 7) is 14.8. The van der Waals surface area contributed by atoms with Gasteiger partial charge in [0.25, 0.3) is 0 Å². The van der Waals surface area contributed by atoms with Crippen LogP contribution in [0.15, 0.2) is 4.99 Å². The number of aliphatic imine (C=N–C) groups is 1. The Morgan fingerprint density at radius 1 is 1.00 bits per heavy atom. The van der Waals surface area contributed by atoms with Gasteiger partial charge < -0.3 is 26.0 Å². The van der Waals surface area contributed by atoms with Crippen molar-refractivity contribution < 1.29 is 14.3 Å². The SMILES string of the molecule is CCCCC(CNC(=O)OC(C)(C)C)NC(=NC)NCCNC(=O)C(C)(C)C. The second-order valence-electron chi connectivity index (χ2n) is 8.87. The second-order valence-corrected chi connectivity index (χ2v) is 8.87.